The molecule has 0 amide bonds. The lowest BCUT2D eigenvalue weighted by molar-refractivity contribution is 0.577. The van der Waals surface area contributed by atoms with Crippen LogP contribution in [-0.4, -0.2) is 18.9 Å². The van der Waals surface area contributed by atoms with E-state index < -0.39 is 0 Å². The van der Waals surface area contributed by atoms with E-state index in [0.717, 1.165) is 23.1 Å². The number of anilines is 1. The van der Waals surface area contributed by atoms with Crippen LogP contribution < -0.4 is 10.6 Å². The van der Waals surface area contributed by atoms with E-state index in [0.29, 0.717) is 0 Å². The predicted octanol–water partition coefficient (Wildman–Crippen LogP) is 2.72. The molecule has 0 atom stereocenters. The average Bonchev–Trinajstić information content (AvgIpc) is 2.30. The summed E-state index contributed by atoms with van der Waals surface area (Å²) >= 11 is 3.56. The summed E-state index contributed by atoms with van der Waals surface area (Å²) in [5, 5.41) is 7.39. The summed E-state index contributed by atoms with van der Waals surface area (Å²) in [4.78, 5) is 2.39. The molecule has 1 aliphatic heterocycles. The van der Waals surface area contributed by atoms with Crippen molar-refractivity contribution in [1.29, 1.82) is 5.41 Å². The summed E-state index contributed by atoms with van der Waals surface area (Å²) < 4.78 is 1.03. The van der Waals surface area contributed by atoms with E-state index in [1.807, 2.05) is 18.2 Å². The smallest absolute Gasteiger partial charge is 0.122 e. The lowest BCUT2D eigenvalue weighted by Crippen LogP contribution is -2.29. The predicted molar refractivity (Wildman–Crippen MR) is 71.2 cm³/mol. The second kappa shape index (κ2) is 4.87. The SMILES string of the molecule is N=C(N)c1ccc(N2CCCCC2)c(Br)c1. The van der Waals surface area contributed by atoms with Crippen molar-refractivity contribution >= 4 is 27.5 Å². The van der Waals surface area contributed by atoms with E-state index in [-0.39, 0.29) is 5.84 Å². The third kappa shape index (κ3) is 2.38. The summed E-state index contributed by atoms with van der Waals surface area (Å²) in [5.74, 6) is 0.117. The van der Waals surface area contributed by atoms with Crippen LogP contribution in [0.4, 0.5) is 5.69 Å². The largest absolute Gasteiger partial charge is 0.384 e. The van der Waals surface area contributed by atoms with Gasteiger partial charge in [0.15, 0.2) is 0 Å². The summed E-state index contributed by atoms with van der Waals surface area (Å²) in [6.07, 6.45) is 3.86. The Morgan fingerprint density at radius 3 is 2.50 bits per heavy atom. The van der Waals surface area contributed by atoms with Crippen LogP contribution in [0.15, 0.2) is 22.7 Å². The number of nitrogen functional groups attached to an aromatic ring is 1. The van der Waals surface area contributed by atoms with E-state index in [2.05, 4.69) is 20.8 Å². The molecule has 0 spiro atoms. The first-order valence-electron chi connectivity index (χ1n) is 5.57. The molecule has 3 nitrogen and oxygen atoms in total. The van der Waals surface area contributed by atoms with E-state index in [9.17, 15) is 0 Å². The molecule has 0 aromatic heterocycles. The van der Waals surface area contributed by atoms with Crippen molar-refractivity contribution in [1.82, 2.24) is 0 Å². The van der Waals surface area contributed by atoms with E-state index in [1.54, 1.807) is 0 Å². The third-order valence-corrected chi connectivity index (χ3v) is 3.59. The van der Waals surface area contributed by atoms with Crippen molar-refractivity contribution in [2.45, 2.75) is 19.3 Å². The van der Waals surface area contributed by atoms with Gasteiger partial charge in [0.2, 0.25) is 0 Å². The van der Waals surface area contributed by atoms with E-state index in [4.69, 9.17) is 11.1 Å². The van der Waals surface area contributed by atoms with E-state index >= 15 is 0 Å². The van der Waals surface area contributed by atoms with Crippen molar-refractivity contribution in [2.24, 2.45) is 5.73 Å². The van der Waals surface area contributed by atoms with Crippen LogP contribution in [0.2, 0.25) is 0 Å². The van der Waals surface area contributed by atoms with Crippen molar-refractivity contribution in [3.8, 4) is 0 Å². The second-order valence-electron chi connectivity index (χ2n) is 4.13. The Balaban J connectivity index is 2.24. The maximum absolute atomic E-state index is 7.39. The quantitative estimate of drug-likeness (QED) is 0.647. The van der Waals surface area contributed by atoms with Gasteiger partial charge < -0.3 is 10.6 Å². The molecule has 1 saturated heterocycles. The van der Waals surface area contributed by atoms with Crippen LogP contribution in [0.5, 0.6) is 0 Å². The number of rotatable bonds is 2. The fourth-order valence-corrected chi connectivity index (χ4v) is 2.70. The lowest BCUT2D eigenvalue weighted by Gasteiger charge is -2.29. The van der Waals surface area contributed by atoms with Crippen molar-refractivity contribution in [3.05, 3.63) is 28.2 Å². The van der Waals surface area contributed by atoms with Crippen LogP contribution in [0, 0.1) is 5.41 Å². The monoisotopic (exact) mass is 281 g/mol. The highest BCUT2D eigenvalue weighted by atomic mass is 79.9. The van der Waals surface area contributed by atoms with Crippen LogP contribution in [-0.2, 0) is 0 Å². The minimum Gasteiger partial charge on any atom is -0.384 e. The molecule has 1 fully saturated rings. The Kier molecular flexibility index (Phi) is 3.49. The van der Waals surface area contributed by atoms with Crippen LogP contribution in [0.3, 0.4) is 0 Å². The first-order valence-corrected chi connectivity index (χ1v) is 6.36. The number of piperidine rings is 1. The number of nitrogens with two attached hydrogens (primary N) is 1. The first-order chi connectivity index (χ1) is 7.68. The van der Waals surface area contributed by atoms with Gasteiger partial charge in [0, 0.05) is 23.1 Å². The maximum atomic E-state index is 7.39. The molecule has 0 bridgehead atoms. The zero-order valence-corrected chi connectivity index (χ0v) is 10.8. The fraction of sp³-hybridized carbons (Fsp3) is 0.417. The molecule has 1 heterocycles. The van der Waals surface area contributed by atoms with E-state index in [1.165, 1.54) is 24.9 Å². The minimum absolute atomic E-state index is 0.117. The van der Waals surface area contributed by atoms with Crippen LogP contribution in [0.25, 0.3) is 0 Å². The second-order valence-corrected chi connectivity index (χ2v) is 4.98. The van der Waals surface area contributed by atoms with Gasteiger partial charge in [0.05, 0.1) is 5.69 Å². The third-order valence-electron chi connectivity index (χ3n) is 2.96. The van der Waals surface area contributed by atoms with Crippen LogP contribution in [0.1, 0.15) is 24.8 Å². The highest BCUT2D eigenvalue weighted by Gasteiger charge is 2.13. The van der Waals surface area contributed by atoms with Gasteiger partial charge in [0.1, 0.15) is 5.84 Å². The molecule has 0 unspecified atom stereocenters. The molecule has 1 aliphatic rings. The molecule has 0 radical (unpaired) electrons. The number of nitrogens with zero attached hydrogens (tertiary/aromatic N) is 1. The highest BCUT2D eigenvalue weighted by Crippen LogP contribution is 2.29. The Hall–Kier alpha value is -1.03. The van der Waals surface area contributed by atoms with Gasteiger partial charge >= 0.3 is 0 Å². The molecule has 0 aliphatic carbocycles. The Morgan fingerprint density at radius 1 is 1.25 bits per heavy atom. The maximum Gasteiger partial charge on any atom is 0.122 e. The number of hydrogen-bond donors (Lipinski definition) is 2. The van der Waals surface area contributed by atoms with Gasteiger partial charge in [-0.2, -0.15) is 0 Å². The standard InChI is InChI=1S/C12H16BrN3/c13-10-8-9(12(14)15)4-5-11(10)16-6-2-1-3-7-16/h4-5,8H,1-3,6-7H2,(H3,14,15). The molecular weight excluding hydrogens is 266 g/mol. The van der Waals surface area contributed by atoms with Crippen molar-refractivity contribution in [3.63, 3.8) is 0 Å². The zero-order valence-electron chi connectivity index (χ0n) is 9.17. The summed E-state index contributed by atoms with van der Waals surface area (Å²) in [5.41, 5.74) is 7.44. The van der Waals surface area contributed by atoms with Gasteiger partial charge in [-0.15, -0.1) is 0 Å². The first kappa shape index (κ1) is 11.5. The van der Waals surface area contributed by atoms with Crippen molar-refractivity contribution < 1.29 is 0 Å². The van der Waals surface area contributed by atoms with Gasteiger partial charge in [-0.3, -0.25) is 5.41 Å². The molecule has 1 aromatic rings. The number of hydrogen-bond acceptors (Lipinski definition) is 2. The van der Waals surface area contributed by atoms with Gasteiger partial charge in [-0.1, -0.05) is 0 Å². The molecule has 2 rings (SSSR count). The normalized spacial score (nSPS) is 16.2. The minimum atomic E-state index is 0.117. The Morgan fingerprint density at radius 2 is 1.94 bits per heavy atom. The van der Waals surface area contributed by atoms with Gasteiger partial charge in [-0.25, -0.2) is 0 Å². The molecule has 3 N–H and O–H groups in total. The molecule has 1 aromatic carbocycles. The topological polar surface area (TPSA) is 53.1 Å². The molecule has 16 heavy (non-hydrogen) atoms. The molecule has 0 saturated carbocycles. The number of amidine groups is 1. The van der Waals surface area contributed by atoms with Crippen LogP contribution >= 0.6 is 15.9 Å². The van der Waals surface area contributed by atoms with Crippen molar-refractivity contribution in [2.75, 3.05) is 18.0 Å². The highest BCUT2D eigenvalue weighted by molar-refractivity contribution is 9.10. The number of nitrogens with one attached hydrogen (secondary N) is 1. The number of benzene rings is 1. The Bertz CT molecular complexity index is 397. The van der Waals surface area contributed by atoms with Gasteiger partial charge in [-0.05, 0) is 53.4 Å². The summed E-state index contributed by atoms with van der Waals surface area (Å²) in [6, 6.07) is 5.88. The zero-order chi connectivity index (χ0) is 11.5. The number of halogens is 1. The lowest BCUT2D eigenvalue weighted by atomic mass is 10.1. The fourth-order valence-electron chi connectivity index (χ4n) is 2.07. The average molecular weight is 282 g/mol. The summed E-state index contributed by atoms with van der Waals surface area (Å²) in [7, 11) is 0. The molecular formula is C12H16BrN3. The van der Waals surface area contributed by atoms with Gasteiger partial charge in [0.25, 0.3) is 0 Å². The summed E-state index contributed by atoms with van der Waals surface area (Å²) in [6.45, 7) is 2.25. The molecule has 4 heteroatoms. The Labute approximate surface area is 104 Å². The molecule has 86 valence electrons.